The lowest BCUT2D eigenvalue weighted by Gasteiger charge is -2.35. The molecule has 0 N–H and O–H groups in total. The first-order valence-electron chi connectivity index (χ1n) is 10.1. The zero-order valence-corrected chi connectivity index (χ0v) is 17.4. The number of hydrogen-bond donors (Lipinski definition) is 0. The molecular formula is C23H29N3O2. The molecule has 0 radical (unpaired) electrons. The Bertz CT molecular complexity index is 936. The number of ether oxygens (including phenoxy) is 1. The summed E-state index contributed by atoms with van der Waals surface area (Å²) in [6.07, 6.45) is 4.97. The number of carbonyl (C=O) groups is 1. The fraction of sp³-hybridized carbons (Fsp3) is 0.478. The number of carbonyl (C=O) groups excluding carboxylic acids is 1. The molecule has 2 aromatic rings. The minimum Gasteiger partial charge on any atom is -0.444 e. The fourth-order valence-electron chi connectivity index (χ4n) is 4.37. The Hall–Kier alpha value is -2.56. The van der Waals surface area contributed by atoms with Crippen LogP contribution in [0.2, 0.25) is 0 Å². The van der Waals surface area contributed by atoms with Crippen LogP contribution in [0.3, 0.4) is 0 Å². The van der Waals surface area contributed by atoms with Gasteiger partial charge in [-0.3, -0.25) is 4.90 Å². The van der Waals surface area contributed by atoms with Crippen LogP contribution in [0, 0.1) is 13.8 Å². The number of amides is 1. The third-order valence-corrected chi connectivity index (χ3v) is 5.47. The van der Waals surface area contributed by atoms with Gasteiger partial charge in [-0.05, 0) is 83.2 Å². The molecule has 2 aliphatic heterocycles. The summed E-state index contributed by atoms with van der Waals surface area (Å²) in [6.45, 7) is 9.85. The van der Waals surface area contributed by atoms with Crippen LogP contribution >= 0.6 is 0 Å². The van der Waals surface area contributed by atoms with E-state index in [0.29, 0.717) is 0 Å². The Morgan fingerprint density at radius 3 is 2.61 bits per heavy atom. The van der Waals surface area contributed by atoms with Crippen molar-refractivity contribution in [3.63, 3.8) is 0 Å². The summed E-state index contributed by atoms with van der Waals surface area (Å²) >= 11 is 0. The van der Waals surface area contributed by atoms with E-state index in [9.17, 15) is 4.79 Å². The standard InChI is InChI=1S/C23H29N3O2/c1-15-11-16(2)26(24-15)21-8-6-7-17(12-21)18-13-19-9-10-20(14-18)25(19)22(27)28-23(3,4)5/h6-8,11-13,19-20H,9-10,14H2,1-5H3. The Morgan fingerprint density at radius 2 is 1.96 bits per heavy atom. The summed E-state index contributed by atoms with van der Waals surface area (Å²) in [5.41, 5.74) is 5.29. The number of aryl methyl sites for hydroxylation is 2. The highest BCUT2D eigenvalue weighted by Crippen LogP contribution is 2.39. The molecule has 2 aliphatic rings. The number of hydrogen-bond acceptors (Lipinski definition) is 3. The SMILES string of the molecule is Cc1cc(C)n(-c2cccc(C3=CC4CCC(C3)N4C(=O)OC(C)(C)C)c2)n1. The van der Waals surface area contributed by atoms with Crippen molar-refractivity contribution < 1.29 is 9.53 Å². The maximum Gasteiger partial charge on any atom is 0.411 e. The lowest BCUT2D eigenvalue weighted by Crippen LogP contribution is -2.45. The molecule has 28 heavy (non-hydrogen) atoms. The zero-order chi connectivity index (χ0) is 20.1. The van der Waals surface area contributed by atoms with Crippen LogP contribution in [-0.2, 0) is 4.74 Å². The minimum atomic E-state index is -0.464. The number of fused-ring (bicyclic) bond motifs is 2. The molecule has 4 rings (SSSR count). The molecule has 0 spiro atoms. The Balaban J connectivity index is 1.60. The summed E-state index contributed by atoms with van der Waals surface area (Å²) in [5, 5.41) is 4.61. The number of aromatic nitrogens is 2. The van der Waals surface area contributed by atoms with E-state index in [1.165, 1.54) is 11.1 Å². The molecule has 2 bridgehead atoms. The van der Waals surface area contributed by atoms with E-state index in [1.807, 2.05) is 37.3 Å². The van der Waals surface area contributed by atoms with Crippen molar-refractivity contribution in [2.45, 2.75) is 71.6 Å². The first-order chi connectivity index (χ1) is 13.2. The highest BCUT2D eigenvalue weighted by Gasteiger charge is 2.41. The quantitative estimate of drug-likeness (QED) is 0.734. The van der Waals surface area contributed by atoms with Crippen LogP contribution in [-0.4, -0.2) is 38.5 Å². The van der Waals surface area contributed by atoms with E-state index in [2.05, 4.69) is 48.4 Å². The van der Waals surface area contributed by atoms with Crippen molar-refractivity contribution >= 4 is 11.7 Å². The predicted molar refractivity (Wildman–Crippen MR) is 111 cm³/mol. The van der Waals surface area contributed by atoms with E-state index >= 15 is 0 Å². The number of rotatable bonds is 2. The van der Waals surface area contributed by atoms with E-state index in [0.717, 1.165) is 36.3 Å². The maximum absolute atomic E-state index is 12.7. The third kappa shape index (κ3) is 3.58. The monoisotopic (exact) mass is 379 g/mol. The molecule has 1 aromatic heterocycles. The second-order valence-corrected chi connectivity index (χ2v) is 8.97. The van der Waals surface area contributed by atoms with Gasteiger partial charge in [0.05, 0.1) is 17.4 Å². The Morgan fingerprint density at radius 1 is 1.18 bits per heavy atom. The summed E-state index contributed by atoms with van der Waals surface area (Å²) in [6, 6.07) is 11.0. The van der Waals surface area contributed by atoms with Crippen molar-refractivity contribution in [1.29, 1.82) is 0 Å². The molecular weight excluding hydrogens is 350 g/mol. The lowest BCUT2D eigenvalue weighted by molar-refractivity contribution is 0.0175. The first kappa shape index (κ1) is 18.8. The van der Waals surface area contributed by atoms with Crippen LogP contribution in [0.5, 0.6) is 0 Å². The molecule has 1 amide bonds. The van der Waals surface area contributed by atoms with Crippen molar-refractivity contribution in [3.05, 3.63) is 53.4 Å². The molecule has 1 saturated heterocycles. The van der Waals surface area contributed by atoms with Gasteiger partial charge in [0.25, 0.3) is 0 Å². The van der Waals surface area contributed by atoms with E-state index in [-0.39, 0.29) is 18.2 Å². The van der Waals surface area contributed by atoms with Gasteiger partial charge >= 0.3 is 6.09 Å². The van der Waals surface area contributed by atoms with Gasteiger partial charge in [0.1, 0.15) is 5.60 Å². The first-order valence-corrected chi connectivity index (χ1v) is 10.1. The van der Waals surface area contributed by atoms with E-state index in [1.54, 1.807) is 0 Å². The van der Waals surface area contributed by atoms with Crippen LogP contribution < -0.4 is 0 Å². The predicted octanol–water partition coefficient (Wildman–Crippen LogP) is 5.04. The molecule has 5 heteroatoms. The lowest BCUT2D eigenvalue weighted by atomic mass is 9.94. The average molecular weight is 380 g/mol. The Kier molecular flexibility index (Phi) is 4.56. The molecule has 148 valence electrons. The van der Waals surface area contributed by atoms with Gasteiger partial charge in [-0.2, -0.15) is 5.10 Å². The van der Waals surface area contributed by atoms with Gasteiger partial charge in [-0.1, -0.05) is 18.2 Å². The minimum absolute atomic E-state index is 0.126. The second-order valence-electron chi connectivity index (χ2n) is 8.97. The average Bonchev–Trinajstić information content (AvgIpc) is 3.09. The molecule has 5 nitrogen and oxygen atoms in total. The van der Waals surface area contributed by atoms with Crippen LogP contribution in [0.15, 0.2) is 36.4 Å². The summed E-state index contributed by atoms with van der Waals surface area (Å²) in [5.74, 6) is 0. The van der Waals surface area contributed by atoms with Crippen LogP contribution in [0.1, 0.15) is 57.0 Å². The van der Waals surface area contributed by atoms with Crippen LogP contribution in [0.25, 0.3) is 11.3 Å². The number of nitrogens with zero attached hydrogens (tertiary/aromatic N) is 3. The van der Waals surface area contributed by atoms with Gasteiger partial charge in [0, 0.05) is 11.7 Å². The summed E-state index contributed by atoms with van der Waals surface area (Å²) in [4.78, 5) is 14.6. The highest BCUT2D eigenvalue weighted by molar-refractivity contribution is 5.75. The smallest absolute Gasteiger partial charge is 0.411 e. The molecule has 2 unspecified atom stereocenters. The van der Waals surface area contributed by atoms with Gasteiger partial charge in [0.15, 0.2) is 0 Å². The molecule has 2 atom stereocenters. The topological polar surface area (TPSA) is 47.4 Å². The summed E-state index contributed by atoms with van der Waals surface area (Å²) in [7, 11) is 0. The largest absolute Gasteiger partial charge is 0.444 e. The van der Waals surface area contributed by atoms with Gasteiger partial charge < -0.3 is 4.74 Å². The third-order valence-electron chi connectivity index (χ3n) is 5.47. The highest BCUT2D eigenvalue weighted by atomic mass is 16.6. The van der Waals surface area contributed by atoms with E-state index < -0.39 is 5.60 Å². The Labute approximate surface area is 167 Å². The molecule has 3 heterocycles. The molecule has 1 aromatic carbocycles. The fourth-order valence-corrected chi connectivity index (χ4v) is 4.37. The van der Waals surface area contributed by atoms with E-state index in [4.69, 9.17) is 4.74 Å². The van der Waals surface area contributed by atoms with Crippen molar-refractivity contribution in [2.75, 3.05) is 0 Å². The molecule has 0 aliphatic carbocycles. The second kappa shape index (κ2) is 6.80. The zero-order valence-electron chi connectivity index (χ0n) is 17.4. The normalized spacial score (nSPS) is 21.6. The van der Waals surface area contributed by atoms with Crippen molar-refractivity contribution in [1.82, 2.24) is 14.7 Å². The molecule has 1 fully saturated rings. The maximum atomic E-state index is 12.7. The van der Waals surface area contributed by atoms with Crippen molar-refractivity contribution in [2.24, 2.45) is 0 Å². The van der Waals surface area contributed by atoms with Gasteiger partial charge in [0.2, 0.25) is 0 Å². The van der Waals surface area contributed by atoms with Gasteiger partial charge in [-0.15, -0.1) is 0 Å². The molecule has 0 saturated carbocycles. The van der Waals surface area contributed by atoms with Crippen LogP contribution in [0.4, 0.5) is 4.79 Å². The van der Waals surface area contributed by atoms with Crippen molar-refractivity contribution in [3.8, 4) is 5.69 Å². The number of benzene rings is 1. The summed E-state index contributed by atoms with van der Waals surface area (Å²) < 4.78 is 7.63. The van der Waals surface area contributed by atoms with Gasteiger partial charge in [-0.25, -0.2) is 9.48 Å².